The largest absolute Gasteiger partial charge is 0.334 e. The van der Waals surface area contributed by atoms with Crippen LogP contribution in [0.25, 0.3) is 0 Å². The Morgan fingerprint density at radius 3 is 2.81 bits per heavy atom. The molecule has 2 aromatic rings. The summed E-state index contributed by atoms with van der Waals surface area (Å²) >= 11 is 1.16. The molecular formula is C15H15N3O2S. The number of hydrogen-bond acceptors (Lipinski definition) is 5. The Kier molecular flexibility index (Phi) is 4.06. The van der Waals surface area contributed by atoms with Gasteiger partial charge in [0.1, 0.15) is 0 Å². The van der Waals surface area contributed by atoms with Crippen molar-refractivity contribution in [2.75, 3.05) is 6.54 Å². The normalized spacial score (nSPS) is 17.9. The van der Waals surface area contributed by atoms with E-state index in [1.54, 1.807) is 10.3 Å². The van der Waals surface area contributed by atoms with Gasteiger partial charge in [0.25, 0.3) is 5.91 Å². The van der Waals surface area contributed by atoms with Crippen LogP contribution in [0.5, 0.6) is 0 Å². The number of nitrogens with zero attached hydrogens (tertiary/aromatic N) is 3. The first-order valence-electron chi connectivity index (χ1n) is 6.92. The molecular weight excluding hydrogens is 286 g/mol. The summed E-state index contributed by atoms with van der Waals surface area (Å²) in [7, 11) is 0. The van der Waals surface area contributed by atoms with E-state index in [-0.39, 0.29) is 17.7 Å². The van der Waals surface area contributed by atoms with E-state index in [4.69, 9.17) is 0 Å². The van der Waals surface area contributed by atoms with Crippen molar-refractivity contribution in [3.8, 4) is 0 Å². The maximum atomic E-state index is 12.4. The molecule has 1 aromatic heterocycles. The van der Waals surface area contributed by atoms with Gasteiger partial charge in [-0.25, -0.2) is 0 Å². The van der Waals surface area contributed by atoms with Crippen LogP contribution in [-0.2, 0) is 0 Å². The third-order valence-corrected chi connectivity index (χ3v) is 4.24. The second-order valence-electron chi connectivity index (χ2n) is 5.08. The summed E-state index contributed by atoms with van der Waals surface area (Å²) in [6.45, 7) is 0.684. The Hall–Kier alpha value is -2.08. The fourth-order valence-electron chi connectivity index (χ4n) is 2.68. The van der Waals surface area contributed by atoms with Gasteiger partial charge in [0.15, 0.2) is 11.5 Å². The lowest BCUT2D eigenvalue weighted by atomic mass is 10.0. The first kappa shape index (κ1) is 13.9. The number of likely N-dealkylation sites (tertiary alicyclic amines) is 1. The topological polar surface area (TPSA) is 63.2 Å². The van der Waals surface area contributed by atoms with Gasteiger partial charge in [0.05, 0.1) is 0 Å². The van der Waals surface area contributed by atoms with Crippen LogP contribution >= 0.6 is 11.5 Å². The van der Waals surface area contributed by atoms with E-state index < -0.39 is 0 Å². The van der Waals surface area contributed by atoms with Crippen molar-refractivity contribution in [1.29, 1.82) is 0 Å². The molecule has 1 aliphatic rings. The molecule has 0 radical (unpaired) electrons. The van der Waals surface area contributed by atoms with Crippen LogP contribution in [-0.4, -0.2) is 38.8 Å². The molecule has 0 bridgehead atoms. The van der Waals surface area contributed by atoms with Crippen LogP contribution in [0.3, 0.4) is 0 Å². The van der Waals surface area contributed by atoms with Gasteiger partial charge in [-0.2, -0.15) is 0 Å². The lowest BCUT2D eigenvalue weighted by molar-refractivity contribution is 0.0711. The third-order valence-electron chi connectivity index (χ3n) is 3.73. The molecule has 0 N–H and O–H groups in total. The monoisotopic (exact) mass is 301 g/mol. The second kappa shape index (κ2) is 6.13. The van der Waals surface area contributed by atoms with E-state index in [0.717, 1.165) is 24.4 Å². The van der Waals surface area contributed by atoms with Crippen molar-refractivity contribution in [2.45, 2.75) is 25.3 Å². The molecule has 1 aromatic carbocycles. The number of rotatable bonds is 4. The molecule has 1 aliphatic heterocycles. The summed E-state index contributed by atoms with van der Waals surface area (Å²) in [6, 6.07) is 9.18. The van der Waals surface area contributed by atoms with Gasteiger partial charge >= 0.3 is 0 Å². The smallest absolute Gasteiger partial charge is 0.275 e. The SMILES string of the molecule is O=C(CC1CCCN1C(=O)c1csnn1)c1ccccc1. The number of Topliss-reactive ketones (excluding diaryl/α,β-unsaturated/α-hetero) is 1. The Bertz CT molecular complexity index is 628. The van der Waals surface area contributed by atoms with E-state index in [9.17, 15) is 9.59 Å². The number of carbonyl (C=O) groups is 2. The number of aromatic nitrogens is 2. The molecule has 5 nitrogen and oxygen atoms in total. The molecule has 1 amide bonds. The highest BCUT2D eigenvalue weighted by Crippen LogP contribution is 2.23. The summed E-state index contributed by atoms with van der Waals surface area (Å²) in [5.41, 5.74) is 1.08. The summed E-state index contributed by atoms with van der Waals surface area (Å²) in [4.78, 5) is 26.4. The highest BCUT2D eigenvalue weighted by Gasteiger charge is 2.32. The van der Waals surface area contributed by atoms with E-state index in [0.29, 0.717) is 24.2 Å². The van der Waals surface area contributed by atoms with E-state index in [2.05, 4.69) is 9.59 Å². The first-order valence-corrected chi connectivity index (χ1v) is 7.75. The minimum absolute atomic E-state index is 0.0353. The number of carbonyl (C=O) groups excluding carboxylic acids is 2. The summed E-state index contributed by atoms with van der Waals surface area (Å²) in [6.07, 6.45) is 2.16. The van der Waals surface area contributed by atoms with Gasteiger partial charge in [0, 0.05) is 30.0 Å². The van der Waals surface area contributed by atoms with Gasteiger partial charge in [-0.05, 0) is 24.4 Å². The van der Waals surface area contributed by atoms with Crippen LogP contribution in [0.2, 0.25) is 0 Å². The average molecular weight is 301 g/mol. The minimum Gasteiger partial charge on any atom is -0.334 e. The van der Waals surface area contributed by atoms with E-state index in [1.165, 1.54) is 0 Å². The highest BCUT2D eigenvalue weighted by atomic mass is 32.1. The van der Waals surface area contributed by atoms with Crippen molar-refractivity contribution in [3.63, 3.8) is 0 Å². The average Bonchev–Trinajstić information content (AvgIpc) is 3.19. The minimum atomic E-state index is -0.118. The zero-order valence-corrected chi connectivity index (χ0v) is 12.3. The number of benzene rings is 1. The Labute approximate surface area is 126 Å². The first-order chi connectivity index (χ1) is 10.3. The maximum absolute atomic E-state index is 12.4. The zero-order chi connectivity index (χ0) is 14.7. The van der Waals surface area contributed by atoms with Crippen molar-refractivity contribution >= 4 is 23.2 Å². The van der Waals surface area contributed by atoms with Gasteiger partial charge in [0.2, 0.25) is 0 Å². The van der Waals surface area contributed by atoms with Crippen molar-refractivity contribution in [1.82, 2.24) is 14.5 Å². The van der Waals surface area contributed by atoms with Crippen molar-refractivity contribution < 1.29 is 9.59 Å². The molecule has 0 aliphatic carbocycles. The summed E-state index contributed by atoms with van der Waals surface area (Å²) < 4.78 is 3.73. The number of hydrogen-bond donors (Lipinski definition) is 0. The fourth-order valence-corrected chi connectivity index (χ4v) is 3.11. The quantitative estimate of drug-likeness (QED) is 0.814. The molecule has 6 heteroatoms. The standard InChI is InChI=1S/C15H15N3O2S/c19-14(11-5-2-1-3-6-11)9-12-7-4-8-18(12)15(20)13-10-21-17-16-13/h1-3,5-6,10,12H,4,7-9H2. The molecule has 1 saturated heterocycles. The molecule has 1 atom stereocenters. The van der Waals surface area contributed by atoms with E-state index in [1.807, 2.05) is 30.3 Å². The van der Waals surface area contributed by atoms with Crippen LogP contribution in [0.1, 0.15) is 40.1 Å². The third kappa shape index (κ3) is 3.00. The van der Waals surface area contributed by atoms with E-state index >= 15 is 0 Å². The van der Waals surface area contributed by atoms with Crippen molar-refractivity contribution in [3.05, 3.63) is 47.0 Å². The van der Waals surface area contributed by atoms with Crippen LogP contribution in [0.15, 0.2) is 35.7 Å². The highest BCUT2D eigenvalue weighted by molar-refractivity contribution is 7.03. The molecule has 3 rings (SSSR count). The molecule has 0 spiro atoms. The summed E-state index contributed by atoms with van der Waals surface area (Å²) in [5, 5.41) is 5.47. The zero-order valence-electron chi connectivity index (χ0n) is 11.4. The molecule has 21 heavy (non-hydrogen) atoms. The Balaban J connectivity index is 1.70. The predicted molar refractivity (Wildman–Crippen MR) is 79.4 cm³/mol. The predicted octanol–water partition coefficient (Wildman–Crippen LogP) is 2.42. The molecule has 108 valence electrons. The fraction of sp³-hybridized carbons (Fsp3) is 0.333. The van der Waals surface area contributed by atoms with Crippen molar-refractivity contribution in [2.24, 2.45) is 0 Å². The van der Waals surface area contributed by atoms with Crippen LogP contribution in [0.4, 0.5) is 0 Å². The van der Waals surface area contributed by atoms with Crippen LogP contribution < -0.4 is 0 Å². The Morgan fingerprint density at radius 2 is 2.10 bits per heavy atom. The molecule has 0 saturated carbocycles. The van der Waals surface area contributed by atoms with Crippen LogP contribution in [0, 0.1) is 0 Å². The van der Waals surface area contributed by atoms with Gasteiger partial charge in [-0.15, -0.1) is 5.10 Å². The number of ketones is 1. The summed E-state index contributed by atoms with van der Waals surface area (Å²) in [5.74, 6) is -0.0381. The lowest BCUT2D eigenvalue weighted by Crippen LogP contribution is -2.37. The lowest BCUT2D eigenvalue weighted by Gasteiger charge is -2.23. The van der Waals surface area contributed by atoms with Gasteiger partial charge < -0.3 is 4.90 Å². The Morgan fingerprint density at radius 1 is 1.29 bits per heavy atom. The second-order valence-corrected chi connectivity index (χ2v) is 5.69. The maximum Gasteiger partial charge on any atom is 0.275 e. The van der Waals surface area contributed by atoms with Gasteiger partial charge in [-0.3, -0.25) is 9.59 Å². The van der Waals surface area contributed by atoms with Gasteiger partial charge in [-0.1, -0.05) is 34.8 Å². The molecule has 1 fully saturated rings. The number of amides is 1. The molecule has 1 unspecified atom stereocenters. The molecule has 2 heterocycles.